The SMILES string of the molecule is CCC(C)(C)C1CCC(NCC(C)(C)c2cccs2)CC1. The van der Waals surface area contributed by atoms with Crippen LogP contribution in [0.15, 0.2) is 17.5 Å². The van der Waals surface area contributed by atoms with Gasteiger partial charge in [0.05, 0.1) is 0 Å². The van der Waals surface area contributed by atoms with Gasteiger partial charge in [-0.3, -0.25) is 0 Å². The normalized spacial score (nSPS) is 24.2. The monoisotopic (exact) mass is 307 g/mol. The van der Waals surface area contributed by atoms with Crippen molar-refractivity contribution in [2.24, 2.45) is 11.3 Å². The minimum Gasteiger partial charge on any atom is -0.313 e. The Balaban J connectivity index is 1.79. The van der Waals surface area contributed by atoms with E-state index in [1.807, 2.05) is 11.3 Å². The molecule has 0 aliphatic heterocycles. The average molecular weight is 308 g/mol. The Bertz CT molecular complexity index is 411. The minimum absolute atomic E-state index is 0.258. The maximum absolute atomic E-state index is 3.85. The first-order valence-corrected chi connectivity index (χ1v) is 9.50. The van der Waals surface area contributed by atoms with Crippen LogP contribution in [0.25, 0.3) is 0 Å². The quantitative estimate of drug-likeness (QED) is 0.720. The lowest BCUT2D eigenvalue weighted by Crippen LogP contribution is -2.42. The molecule has 0 aromatic carbocycles. The van der Waals surface area contributed by atoms with Crippen molar-refractivity contribution in [1.29, 1.82) is 0 Å². The third kappa shape index (κ3) is 4.32. The van der Waals surface area contributed by atoms with Crippen LogP contribution >= 0.6 is 11.3 Å². The zero-order valence-corrected chi connectivity index (χ0v) is 15.4. The van der Waals surface area contributed by atoms with Gasteiger partial charge in [0.25, 0.3) is 0 Å². The van der Waals surface area contributed by atoms with Crippen molar-refractivity contribution in [2.75, 3.05) is 6.54 Å². The molecule has 2 heteroatoms. The summed E-state index contributed by atoms with van der Waals surface area (Å²) in [6.07, 6.45) is 6.82. The van der Waals surface area contributed by atoms with E-state index in [0.717, 1.165) is 18.5 Å². The summed E-state index contributed by atoms with van der Waals surface area (Å²) in [7, 11) is 0. The zero-order chi connectivity index (χ0) is 15.5. The molecule has 1 fully saturated rings. The highest BCUT2D eigenvalue weighted by atomic mass is 32.1. The Hall–Kier alpha value is -0.340. The molecule has 1 aromatic heterocycles. The number of nitrogens with one attached hydrogen (secondary N) is 1. The van der Waals surface area contributed by atoms with Crippen LogP contribution in [0.4, 0.5) is 0 Å². The number of thiophene rings is 1. The second kappa shape index (κ2) is 6.83. The van der Waals surface area contributed by atoms with E-state index in [1.54, 1.807) is 0 Å². The molecule has 21 heavy (non-hydrogen) atoms. The van der Waals surface area contributed by atoms with Crippen molar-refractivity contribution >= 4 is 11.3 Å². The fourth-order valence-corrected chi connectivity index (χ4v) is 4.37. The van der Waals surface area contributed by atoms with Gasteiger partial charge in [0.15, 0.2) is 0 Å². The fraction of sp³-hybridized carbons (Fsp3) is 0.789. The fourth-order valence-electron chi connectivity index (χ4n) is 3.52. The third-order valence-corrected chi connectivity index (χ3v) is 7.00. The summed E-state index contributed by atoms with van der Waals surface area (Å²) in [5, 5.41) is 6.04. The molecule has 1 heterocycles. The number of hydrogen-bond donors (Lipinski definition) is 1. The molecule has 0 atom stereocenters. The molecule has 0 radical (unpaired) electrons. The van der Waals surface area contributed by atoms with E-state index < -0.39 is 0 Å². The molecule has 0 unspecified atom stereocenters. The van der Waals surface area contributed by atoms with Crippen LogP contribution in [-0.4, -0.2) is 12.6 Å². The molecule has 1 saturated carbocycles. The van der Waals surface area contributed by atoms with Crippen molar-refractivity contribution in [3.63, 3.8) is 0 Å². The second-order valence-corrected chi connectivity index (χ2v) is 9.08. The Morgan fingerprint density at radius 2 is 1.81 bits per heavy atom. The van der Waals surface area contributed by atoms with Gasteiger partial charge in [-0.25, -0.2) is 0 Å². The highest BCUT2D eigenvalue weighted by molar-refractivity contribution is 7.10. The molecule has 0 bridgehead atoms. The summed E-state index contributed by atoms with van der Waals surface area (Å²) >= 11 is 1.88. The summed E-state index contributed by atoms with van der Waals surface area (Å²) in [5.41, 5.74) is 0.787. The average Bonchev–Trinajstić information content (AvgIpc) is 3.01. The van der Waals surface area contributed by atoms with Crippen molar-refractivity contribution in [2.45, 2.75) is 78.2 Å². The molecular formula is C19H33NS. The van der Waals surface area contributed by atoms with Crippen LogP contribution in [0.3, 0.4) is 0 Å². The van der Waals surface area contributed by atoms with Crippen LogP contribution in [0, 0.1) is 11.3 Å². The topological polar surface area (TPSA) is 12.0 Å². The van der Waals surface area contributed by atoms with Crippen molar-refractivity contribution < 1.29 is 0 Å². The lowest BCUT2D eigenvalue weighted by molar-refractivity contribution is 0.135. The summed E-state index contributed by atoms with van der Waals surface area (Å²) in [6, 6.07) is 5.17. The van der Waals surface area contributed by atoms with E-state index >= 15 is 0 Å². The van der Waals surface area contributed by atoms with Crippen molar-refractivity contribution in [3.8, 4) is 0 Å². The first-order valence-electron chi connectivity index (χ1n) is 8.62. The van der Waals surface area contributed by atoms with Gasteiger partial charge in [0.2, 0.25) is 0 Å². The van der Waals surface area contributed by atoms with Crippen molar-refractivity contribution in [3.05, 3.63) is 22.4 Å². The zero-order valence-electron chi connectivity index (χ0n) is 14.5. The van der Waals surface area contributed by atoms with Crippen LogP contribution in [-0.2, 0) is 5.41 Å². The summed E-state index contributed by atoms with van der Waals surface area (Å²) in [5.74, 6) is 0.922. The van der Waals surface area contributed by atoms with Gasteiger partial charge in [-0.2, -0.15) is 0 Å². The van der Waals surface area contributed by atoms with Crippen LogP contribution in [0.1, 0.15) is 71.6 Å². The van der Waals surface area contributed by atoms with Gasteiger partial charge in [0, 0.05) is 22.9 Å². The Morgan fingerprint density at radius 1 is 1.14 bits per heavy atom. The van der Waals surface area contributed by atoms with E-state index in [-0.39, 0.29) is 5.41 Å². The van der Waals surface area contributed by atoms with Crippen LogP contribution < -0.4 is 5.32 Å². The predicted octanol–water partition coefficient (Wildman–Crippen LogP) is 5.61. The van der Waals surface area contributed by atoms with Gasteiger partial charge < -0.3 is 5.32 Å². The maximum atomic E-state index is 3.85. The highest BCUT2D eigenvalue weighted by Gasteiger charge is 2.32. The van der Waals surface area contributed by atoms with Gasteiger partial charge in [-0.1, -0.05) is 47.1 Å². The van der Waals surface area contributed by atoms with Crippen molar-refractivity contribution in [1.82, 2.24) is 5.32 Å². The van der Waals surface area contributed by atoms with Gasteiger partial charge in [-0.15, -0.1) is 11.3 Å². The molecular weight excluding hydrogens is 274 g/mol. The molecule has 1 N–H and O–H groups in total. The van der Waals surface area contributed by atoms with E-state index in [0.29, 0.717) is 5.41 Å². The number of rotatable bonds is 6. The predicted molar refractivity (Wildman–Crippen MR) is 95.2 cm³/mol. The van der Waals surface area contributed by atoms with Gasteiger partial charge >= 0.3 is 0 Å². The first kappa shape index (κ1) is 17.0. The molecule has 0 saturated heterocycles. The molecule has 1 aromatic rings. The van der Waals surface area contributed by atoms with E-state index in [9.17, 15) is 0 Å². The highest BCUT2D eigenvalue weighted by Crippen LogP contribution is 2.40. The Kier molecular flexibility index (Phi) is 5.54. The molecule has 0 spiro atoms. The molecule has 1 aliphatic rings. The van der Waals surface area contributed by atoms with Gasteiger partial charge in [-0.05, 0) is 48.5 Å². The summed E-state index contributed by atoms with van der Waals surface area (Å²) < 4.78 is 0. The third-order valence-electron chi connectivity index (χ3n) is 5.76. The molecule has 120 valence electrons. The lowest BCUT2D eigenvalue weighted by atomic mass is 9.69. The second-order valence-electron chi connectivity index (χ2n) is 8.13. The summed E-state index contributed by atoms with van der Waals surface area (Å²) in [4.78, 5) is 1.50. The maximum Gasteiger partial charge on any atom is 0.0115 e. The Labute approximate surface area is 135 Å². The number of hydrogen-bond acceptors (Lipinski definition) is 2. The summed E-state index contributed by atoms with van der Waals surface area (Å²) in [6.45, 7) is 13.1. The standard InChI is InChI=1S/C19H33NS/c1-6-18(2,3)15-9-11-16(12-10-15)20-14-19(4,5)17-8-7-13-21-17/h7-8,13,15-16,20H,6,9-12,14H2,1-5H3. The Morgan fingerprint density at radius 3 is 2.33 bits per heavy atom. The van der Waals surface area contributed by atoms with Crippen LogP contribution in [0.5, 0.6) is 0 Å². The molecule has 1 nitrogen and oxygen atoms in total. The molecule has 2 rings (SSSR count). The molecule has 0 amide bonds. The van der Waals surface area contributed by atoms with Crippen LogP contribution in [0.2, 0.25) is 0 Å². The van der Waals surface area contributed by atoms with E-state index in [1.165, 1.54) is 37.0 Å². The lowest BCUT2D eigenvalue weighted by Gasteiger charge is -2.39. The largest absolute Gasteiger partial charge is 0.313 e. The van der Waals surface area contributed by atoms with E-state index in [2.05, 4.69) is 57.4 Å². The molecule has 1 aliphatic carbocycles. The minimum atomic E-state index is 0.258. The van der Waals surface area contributed by atoms with Gasteiger partial charge in [0.1, 0.15) is 0 Å². The smallest absolute Gasteiger partial charge is 0.0115 e. The first-order chi connectivity index (χ1) is 9.85. The van der Waals surface area contributed by atoms with E-state index in [4.69, 9.17) is 0 Å².